The van der Waals surface area contributed by atoms with Crippen LogP contribution in [-0.4, -0.2) is 34.7 Å². The fourth-order valence-corrected chi connectivity index (χ4v) is 3.43. The molecule has 2 aromatic rings. The Labute approximate surface area is 165 Å². The molecule has 7 nitrogen and oxygen atoms in total. The van der Waals surface area contributed by atoms with E-state index in [1.807, 2.05) is 43.5 Å². The number of halogens is 1. The molecule has 2 amide bonds. The number of carbonyl (C=O) groups excluding carboxylic acids is 2. The summed E-state index contributed by atoms with van der Waals surface area (Å²) < 4.78 is 1.78. The molecule has 8 heteroatoms. The lowest BCUT2D eigenvalue weighted by Crippen LogP contribution is -2.55. The molecular formula is C19H26ClN5O2. The van der Waals surface area contributed by atoms with E-state index in [9.17, 15) is 9.59 Å². The van der Waals surface area contributed by atoms with Gasteiger partial charge in [-0.05, 0) is 56.6 Å². The quantitative estimate of drug-likeness (QED) is 0.729. The van der Waals surface area contributed by atoms with Gasteiger partial charge in [-0.1, -0.05) is 12.1 Å². The number of nitrogens with one attached hydrogen (secondary N) is 3. The van der Waals surface area contributed by atoms with Gasteiger partial charge in [-0.25, -0.2) is 0 Å². The molecule has 1 saturated heterocycles. The fraction of sp³-hybridized carbons (Fsp3) is 0.421. The summed E-state index contributed by atoms with van der Waals surface area (Å²) in [5, 5.41) is 13.6. The summed E-state index contributed by atoms with van der Waals surface area (Å²) in [7, 11) is 0. The zero-order valence-corrected chi connectivity index (χ0v) is 16.4. The van der Waals surface area contributed by atoms with E-state index in [2.05, 4.69) is 21.0 Å². The van der Waals surface area contributed by atoms with Crippen LogP contribution in [0.4, 0.5) is 5.69 Å². The molecule has 0 bridgehead atoms. The molecular weight excluding hydrogens is 366 g/mol. The SMILES string of the molecule is CC(=O)Nc1cccc(C(C)NC(=O)C2(n3cccn3)CCNCC2)c1.Cl. The molecule has 1 atom stereocenters. The highest BCUT2D eigenvalue weighted by molar-refractivity contribution is 5.89. The molecule has 0 aliphatic carbocycles. The first-order chi connectivity index (χ1) is 12.5. The van der Waals surface area contributed by atoms with Crippen molar-refractivity contribution in [1.29, 1.82) is 0 Å². The van der Waals surface area contributed by atoms with Gasteiger partial charge in [0.05, 0.1) is 6.04 Å². The molecule has 1 aliphatic heterocycles. The number of nitrogens with zero attached hydrogens (tertiary/aromatic N) is 2. The van der Waals surface area contributed by atoms with E-state index in [1.54, 1.807) is 10.9 Å². The van der Waals surface area contributed by atoms with Crippen molar-refractivity contribution in [3.05, 3.63) is 48.3 Å². The first-order valence-corrected chi connectivity index (χ1v) is 8.91. The topological polar surface area (TPSA) is 88.1 Å². The highest BCUT2D eigenvalue weighted by atomic mass is 35.5. The predicted molar refractivity (Wildman–Crippen MR) is 107 cm³/mol. The molecule has 0 spiro atoms. The predicted octanol–water partition coefficient (Wildman–Crippen LogP) is 2.22. The van der Waals surface area contributed by atoms with Crippen molar-refractivity contribution in [2.45, 2.75) is 38.3 Å². The summed E-state index contributed by atoms with van der Waals surface area (Å²) in [5.74, 6) is -0.147. The second kappa shape index (κ2) is 9.01. The first kappa shape index (κ1) is 20.9. The molecule has 1 aliphatic rings. The Morgan fingerprint density at radius 2 is 2.00 bits per heavy atom. The van der Waals surface area contributed by atoms with Crippen LogP contribution in [0.3, 0.4) is 0 Å². The zero-order valence-electron chi connectivity index (χ0n) is 15.6. The molecule has 3 N–H and O–H groups in total. The Morgan fingerprint density at radius 3 is 2.63 bits per heavy atom. The molecule has 1 unspecified atom stereocenters. The third-order valence-corrected chi connectivity index (χ3v) is 4.85. The minimum absolute atomic E-state index is 0. The lowest BCUT2D eigenvalue weighted by Gasteiger charge is -2.37. The Kier molecular flexibility index (Phi) is 6.98. The maximum absolute atomic E-state index is 13.2. The summed E-state index contributed by atoms with van der Waals surface area (Å²) in [6, 6.07) is 9.19. The normalized spacial score (nSPS) is 16.7. The maximum atomic E-state index is 13.2. The van der Waals surface area contributed by atoms with E-state index >= 15 is 0 Å². The minimum atomic E-state index is -0.668. The van der Waals surface area contributed by atoms with Crippen molar-refractivity contribution < 1.29 is 9.59 Å². The second-order valence-electron chi connectivity index (χ2n) is 6.73. The summed E-state index contributed by atoms with van der Waals surface area (Å²) in [4.78, 5) is 24.5. The van der Waals surface area contributed by atoms with Gasteiger partial charge in [0.15, 0.2) is 0 Å². The van der Waals surface area contributed by atoms with Crippen LogP contribution >= 0.6 is 12.4 Å². The number of amides is 2. The molecule has 146 valence electrons. The van der Waals surface area contributed by atoms with Crippen LogP contribution in [0.15, 0.2) is 42.7 Å². The van der Waals surface area contributed by atoms with Crippen LogP contribution < -0.4 is 16.0 Å². The average Bonchev–Trinajstić information content (AvgIpc) is 3.17. The Bertz CT molecular complexity index is 772. The van der Waals surface area contributed by atoms with Gasteiger partial charge in [-0.15, -0.1) is 12.4 Å². The molecule has 2 heterocycles. The van der Waals surface area contributed by atoms with Crippen LogP contribution in [0.25, 0.3) is 0 Å². The average molecular weight is 392 g/mol. The largest absolute Gasteiger partial charge is 0.347 e. The van der Waals surface area contributed by atoms with Crippen LogP contribution in [-0.2, 0) is 15.1 Å². The van der Waals surface area contributed by atoms with E-state index < -0.39 is 5.54 Å². The van der Waals surface area contributed by atoms with Gasteiger partial charge in [0.1, 0.15) is 5.54 Å². The zero-order chi connectivity index (χ0) is 18.6. The third kappa shape index (κ3) is 4.67. The molecule has 3 rings (SSSR count). The maximum Gasteiger partial charge on any atom is 0.248 e. The van der Waals surface area contributed by atoms with E-state index in [-0.39, 0.29) is 30.3 Å². The van der Waals surface area contributed by atoms with Crippen LogP contribution in [0, 0.1) is 0 Å². The van der Waals surface area contributed by atoms with Crippen LogP contribution in [0.1, 0.15) is 38.3 Å². The molecule has 27 heavy (non-hydrogen) atoms. The minimum Gasteiger partial charge on any atom is -0.347 e. The van der Waals surface area contributed by atoms with Crippen molar-refractivity contribution in [2.75, 3.05) is 18.4 Å². The number of hydrogen-bond donors (Lipinski definition) is 3. The number of rotatable bonds is 5. The molecule has 0 radical (unpaired) electrons. The van der Waals surface area contributed by atoms with Gasteiger partial charge >= 0.3 is 0 Å². The van der Waals surface area contributed by atoms with Crippen molar-refractivity contribution in [3.8, 4) is 0 Å². The Balaban J connectivity index is 0.00000261. The number of hydrogen-bond acceptors (Lipinski definition) is 4. The van der Waals surface area contributed by atoms with Crippen molar-refractivity contribution in [1.82, 2.24) is 20.4 Å². The number of anilines is 1. The lowest BCUT2D eigenvalue weighted by molar-refractivity contribution is -0.132. The molecule has 1 fully saturated rings. The first-order valence-electron chi connectivity index (χ1n) is 8.91. The van der Waals surface area contributed by atoms with Crippen LogP contribution in [0.5, 0.6) is 0 Å². The standard InChI is InChI=1S/C19H25N5O2.ClH/c1-14(16-5-3-6-17(13-16)23-15(2)25)22-18(26)19(7-10-20-11-8-19)24-12-4-9-21-24;/h3-6,9,12-14,20H,7-8,10-11H2,1-2H3,(H,22,26)(H,23,25);1H. The smallest absolute Gasteiger partial charge is 0.248 e. The van der Waals surface area contributed by atoms with Gasteiger partial charge in [0, 0.05) is 25.0 Å². The number of benzene rings is 1. The molecule has 0 saturated carbocycles. The van der Waals surface area contributed by atoms with Gasteiger partial charge < -0.3 is 16.0 Å². The number of carbonyl (C=O) groups is 2. The highest BCUT2D eigenvalue weighted by Crippen LogP contribution is 2.28. The van der Waals surface area contributed by atoms with Gasteiger partial charge in [-0.3, -0.25) is 14.3 Å². The second-order valence-corrected chi connectivity index (χ2v) is 6.73. The summed E-state index contributed by atoms with van der Waals surface area (Å²) in [6.07, 6.45) is 4.95. The number of aromatic nitrogens is 2. The molecule has 1 aromatic heterocycles. The summed E-state index contributed by atoms with van der Waals surface area (Å²) >= 11 is 0. The van der Waals surface area contributed by atoms with Gasteiger partial charge in [0.25, 0.3) is 0 Å². The fourth-order valence-electron chi connectivity index (χ4n) is 3.43. The van der Waals surface area contributed by atoms with Crippen LogP contribution in [0.2, 0.25) is 0 Å². The summed E-state index contributed by atoms with van der Waals surface area (Å²) in [6.45, 7) is 4.98. The monoisotopic (exact) mass is 391 g/mol. The van der Waals surface area contributed by atoms with E-state index in [0.717, 1.165) is 24.3 Å². The van der Waals surface area contributed by atoms with E-state index in [0.29, 0.717) is 12.8 Å². The van der Waals surface area contributed by atoms with Gasteiger partial charge in [0.2, 0.25) is 11.8 Å². The Morgan fingerprint density at radius 1 is 1.26 bits per heavy atom. The van der Waals surface area contributed by atoms with Crippen molar-refractivity contribution >= 4 is 29.9 Å². The van der Waals surface area contributed by atoms with E-state index in [4.69, 9.17) is 0 Å². The van der Waals surface area contributed by atoms with Crippen molar-refractivity contribution in [2.24, 2.45) is 0 Å². The van der Waals surface area contributed by atoms with Gasteiger partial charge in [-0.2, -0.15) is 5.10 Å². The van der Waals surface area contributed by atoms with Crippen molar-refractivity contribution in [3.63, 3.8) is 0 Å². The summed E-state index contributed by atoms with van der Waals surface area (Å²) in [5.41, 5.74) is 0.993. The van der Waals surface area contributed by atoms with E-state index in [1.165, 1.54) is 6.92 Å². The third-order valence-electron chi connectivity index (χ3n) is 4.85. The Hall–Kier alpha value is -2.38. The molecule has 1 aromatic carbocycles. The lowest BCUT2D eigenvalue weighted by atomic mass is 9.87. The number of piperidine rings is 1. The highest BCUT2D eigenvalue weighted by Gasteiger charge is 2.42.